The van der Waals surface area contributed by atoms with Crippen LogP contribution >= 0.6 is 0 Å². The van der Waals surface area contributed by atoms with Crippen LogP contribution in [0.1, 0.15) is 55.8 Å². The van der Waals surface area contributed by atoms with Crippen molar-refractivity contribution in [3.05, 3.63) is 34.9 Å². The molecule has 1 aliphatic heterocycles. The van der Waals surface area contributed by atoms with E-state index in [9.17, 15) is 4.79 Å². The zero-order valence-corrected chi connectivity index (χ0v) is 15.3. The first-order valence-corrected chi connectivity index (χ1v) is 9.51. The Morgan fingerprint density at radius 3 is 2.83 bits per heavy atom. The van der Waals surface area contributed by atoms with E-state index in [2.05, 4.69) is 49.2 Å². The lowest BCUT2D eigenvalue weighted by Crippen LogP contribution is -2.43. The zero-order chi connectivity index (χ0) is 17.1. The summed E-state index contributed by atoms with van der Waals surface area (Å²) in [6, 6.07) is 7.29. The molecule has 2 amide bonds. The van der Waals surface area contributed by atoms with Gasteiger partial charge in [-0.05, 0) is 62.4 Å². The molecule has 1 aromatic rings. The predicted molar refractivity (Wildman–Crippen MR) is 98.3 cm³/mol. The first-order chi connectivity index (χ1) is 11.6. The summed E-state index contributed by atoms with van der Waals surface area (Å²) in [7, 11) is 0. The molecule has 2 atom stereocenters. The summed E-state index contributed by atoms with van der Waals surface area (Å²) in [5, 5.41) is 3.31. The molecule has 1 aromatic carbocycles. The van der Waals surface area contributed by atoms with Gasteiger partial charge in [0.25, 0.3) is 0 Å². The minimum atomic E-state index is 0.115. The van der Waals surface area contributed by atoms with Crippen LogP contribution in [-0.4, -0.2) is 48.1 Å². The molecule has 4 nitrogen and oxygen atoms in total. The topological polar surface area (TPSA) is 35.6 Å². The largest absolute Gasteiger partial charge is 0.331 e. The highest BCUT2D eigenvalue weighted by atomic mass is 16.2. The Kier molecular flexibility index (Phi) is 5.44. The minimum Gasteiger partial charge on any atom is -0.331 e. The molecular formula is C20H31N3O. The number of likely N-dealkylation sites (N-methyl/N-ethyl adjacent to an activating group) is 1. The average molecular weight is 329 g/mol. The van der Waals surface area contributed by atoms with Crippen molar-refractivity contribution in [2.24, 2.45) is 0 Å². The van der Waals surface area contributed by atoms with E-state index in [-0.39, 0.29) is 12.1 Å². The van der Waals surface area contributed by atoms with Crippen LogP contribution in [0.25, 0.3) is 0 Å². The lowest BCUT2D eigenvalue weighted by Gasteiger charge is -2.30. The van der Waals surface area contributed by atoms with Gasteiger partial charge >= 0.3 is 6.03 Å². The van der Waals surface area contributed by atoms with E-state index in [1.807, 2.05) is 4.90 Å². The molecule has 1 saturated heterocycles. The second kappa shape index (κ2) is 7.56. The van der Waals surface area contributed by atoms with Crippen LogP contribution < -0.4 is 5.32 Å². The summed E-state index contributed by atoms with van der Waals surface area (Å²) in [5.41, 5.74) is 4.12. The second-order valence-corrected chi connectivity index (χ2v) is 7.15. The molecular weight excluding hydrogens is 298 g/mol. The highest BCUT2D eigenvalue weighted by molar-refractivity contribution is 5.75. The van der Waals surface area contributed by atoms with Gasteiger partial charge in [-0.3, -0.25) is 4.90 Å². The zero-order valence-electron chi connectivity index (χ0n) is 15.3. The van der Waals surface area contributed by atoms with Crippen molar-refractivity contribution in [2.45, 2.75) is 58.5 Å². The molecule has 1 heterocycles. The summed E-state index contributed by atoms with van der Waals surface area (Å²) in [6.07, 6.45) is 4.44. The summed E-state index contributed by atoms with van der Waals surface area (Å²) in [6.45, 7) is 10.4. The van der Waals surface area contributed by atoms with Gasteiger partial charge in [-0.15, -0.1) is 0 Å². The van der Waals surface area contributed by atoms with Gasteiger partial charge in [-0.25, -0.2) is 4.79 Å². The first kappa shape index (κ1) is 17.3. The SMILES string of the molecule is CCN(CC)C1CCN(C(=O)NC2CCCc3c(C)cccc32)C1. The first-order valence-electron chi connectivity index (χ1n) is 9.51. The molecule has 1 N–H and O–H groups in total. The standard InChI is InChI=1S/C20H31N3O/c1-4-22(5-2)16-12-13-23(14-16)20(24)21-19-11-7-9-17-15(3)8-6-10-18(17)19/h6,8,10,16,19H,4-5,7,9,11-14H2,1-3H3,(H,21,24). The summed E-state index contributed by atoms with van der Waals surface area (Å²) >= 11 is 0. The fraction of sp³-hybridized carbons (Fsp3) is 0.650. The third-order valence-corrected chi connectivity index (χ3v) is 5.82. The number of hydrogen-bond donors (Lipinski definition) is 1. The molecule has 0 aromatic heterocycles. The number of aryl methyl sites for hydroxylation is 1. The number of likely N-dealkylation sites (tertiary alicyclic amines) is 1. The van der Waals surface area contributed by atoms with Crippen LogP contribution in [0.3, 0.4) is 0 Å². The van der Waals surface area contributed by atoms with Crippen molar-refractivity contribution in [3.8, 4) is 0 Å². The number of fused-ring (bicyclic) bond motifs is 1. The van der Waals surface area contributed by atoms with E-state index < -0.39 is 0 Å². The third-order valence-electron chi connectivity index (χ3n) is 5.82. The fourth-order valence-electron chi connectivity index (χ4n) is 4.39. The van der Waals surface area contributed by atoms with Crippen LogP contribution in [0.5, 0.6) is 0 Å². The van der Waals surface area contributed by atoms with Gasteiger partial charge < -0.3 is 10.2 Å². The van der Waals surface area contributed by atoms with Crippen LogP contribution in [0.15, 0.2) is 18.2 Å². The van der Waals surface area contributed by atoms with Gasteiger partial charge in [0.2, 0.25) is 0 Å². The molecule has 0 bridgehead atoms. The Bertz CT molecular complexity index is 582. The predicted octanol–water partition coefficient (Wildman–Crippen LogP) is 3.50. The summed E-state index contributed by atoms with van der Waals surface area (Å²) < 4.78 is 0. The lowest BCUT2D eigenvalue weighted by atomic mass is 9.85. The maximum atomic E-state index is 12.7. The van der Waals surface area contributed by atoms with E-state index in [1.54, 1.807) is 0 Å². The maximum absolute atomic E-state index is 12.7. The number of benzene rings is 1. The number of amides is 2. The molecule has 2 unspecified atom stereocenters. The number of nitrogens with zero attached hydrogens (tertiary/aromatic N) is 2. The Morgan fingerprint density at radius 2 is 2.08 bits per heavy atom. The van der Waals surface area contributed by atoms with Crippen molar-refractivity contribution in [2.75, 3.05) is 26.2 Å². The van der Waals surface area contributed by atoms with E-state index in [4.69, 9.17) is 0 Å². The Hall–Kier alpha value is -1.55. The van der Waals surface area contributed by atoms with Crippen molar-refractivity contribution in [3.63, 3.8) is 0 Å². The number of carbonyl (C=O) groups excluding carboxylic acids is 1. The molecule has 2 aliphatic rings. The Labute approximate surface area is 146 Å². The van der Waals surface area contributed by atoms with Gasteiger partial charge in [0.1, 0.15) is 0 Å². The average Bonchev–Trinajstić information content (AvgIpc) is 3.07. The van der Waals surface area contributed by atoms with Crippen molar-refractivity contribution in [1.29, 1.82) is 0 Å². The van der Waals surface area contributed by atoms with Crippen molar-refractivity contribution < 1.29 is 4.79 Å². The quantitative estimate of drug-likeness (QED) is 0.918. The second-order valence-electron chi connectivity index (χ2n) is 7.15. The van der Waals surface area contributed by atoms with Gasteiger partial charge in [0.05, 0.1) is 6.04 Å². The van der Waals surface area contributed by atoms with Crippen LogP contribution in [0.2, 0.25) is 0 Å². The third kappa shape index (κ3) is 3.44. The van der Waals surface area contributed by atoms with Gasteiger partial charge in [-0.1, -0.05) is 32.0 Å². The lowest BCUT2D eigenvalue weighted by molar-refractivity contribution is 0.189. The summed E-state index contributed by atoms with van der Waals surface area (Å²) in [4.78, 5) is 17.2. The van der Waals surface area contributed by atoms with Crippen molar-refractivity contribution in [1.82, 2.24) is 15.1 Å². The Morgan fingerprint density at radius 1 is 1.29 bits per heavy atom. The fourth-order valence-corrected chi connectivity index (χ4v) is 4.39. The number of nitrogens with one attached hydrogen (secondary N) is 1. The molecule has 0 radical (unpaired) electrons. The molecule has 24 heavy (non-hydrogen) atoms. The Balaban J connectivity index is 1.64. The monoisotopic (exact) mass is 329 g/mol. The van der Waals surface area contributed by atoms with Gasteiger partial charge in [0, 0.05) is 19.1 Å². The number of rotatable bonds is 4. The normalized spacial score (nSPS) is 23.4. The minimum absolute atomic E-state index is 0.115. The number of hydrogen-bond acceptors (Lipinski definition) is 2. The highest BCUT2D eigenvalue weighted by Crippen LogP contribution is 2.31. The van der Waals surface area contributed by atoms with E-state index in [0.717, 1.165) is 51.9 Å². The smallest absolute Gasteiger partial charge is 0.317 e. The van der Waals surface area contributed by atoms with Gasteiger partial charge in [-0.2, -0.15) is 0 Å². The molecule has 0 saturated carbocycles. The van der Waals surface area contributed by atoms with Crippen molar-refractivity contribution >= 4 is 6.03 Å². The van der Waals surface area contributed by atoms with Crippen LogP contribution in [-0.2, 0) is 6.42 Å². The molecule has 3 rings (SSSR count). The molecule has 4 heteroatoms. The number of urea groups is 1. The van der Waals surface area contributed by atoms with E-state index in [1.165, 1.54) is 16.7 Å². The van der Waals surface area contributed by atoms with Crippen LogP contribution in [0.4, 0.5) is 4.79 Å². The van der Waals surface area contributed by atoms with E-state index >= 15 is 0 Å². The molecule has 132 valence electrons. The highest BCUT2D eigenvalue weighted by Gasteiger charge is 2.31. The molecule has 1 fully saturated rings. The number of carbonyl (C=O) groups is 1. The van der Waals surface area contributed by atoms with E-state index in [0.29, 0.717) is 6.04 Å². The van der Waals surface area contributed by atoms with Gasteiger partial charge in [0.15, 0.2) is 0 Å². The molecule has 0 spiro atoms. The maximum Gasteiger partial charge on any atom is 0.317 e. The van der Waals surface area contributed by atoms with Crippen LogP contribution in [0, 0.1) is 6.92 Å². The molecule has 1 aliphatic carbocycles. The summed E-state index contributed by atoms with van der Waals surface area (Å²) in [5.74, 6) is 0.